The van der Waals surface area contributed by atoms with Crippen LogP contribution in [0.2, 0.25) is 0 Å². The summed E-state index contributed by atoms with van der Waals surface area (Å²) in [5.41, 5.74) is 5.71. The van der Waals surface area contributed by atoms with Gasteiger partial charge in [0.15, 0.2) is 5.69 Å². The minimum absolute atomic E-state index is 0.199. The molecule has 5 heteroatoms. The molecule has 5 nitrogen and oxygen atoms in total. The van der Waals surface area contributed by atoms with Crippen molar-refractivity contribution < 1.29 is 4.79 Å². The van der Waals surface area contributed by atoms with Crippen LogP contribution < -0.4 is 11.1 Å². The Morgan fingerprint density at radius 3 is 2.78 bits per heavy atom. The van der Waals surface area contributed by atoms with Crippen molar-refractivity contribution in [3.63, 3.8) is 0 Å². The average molecular weight is 248 g/mol. The van der Waals surface area contributed by atoms with E-state index < -0.39 is 5.91 Å². The fourth-order valence-corrected chi connectivity index (χ4v) is 2.57. The Hall–Kier alpha value is -1.65. The third-order valence-electron chi connectivity index (χ3n) is 3.47. The number of anilines is 1. The largest absolute Gasteiger partial charge is 0.366 e. The maximum absolute atomic E-state index is 10.9. The summed E-state index contributed by atoms with van der Waals surface area (Å²) in [5.74, 6) is 0.163. The molecule has 1 atom stereocenters. The minimum Gasteiger partial charge on any atom is -0.366 e. The van der Waals surface area contributed by atoms with E-state index in [4.69, 9.17) is 5.73 Å². The van der Waals surface area contributed by atoms with Crippen LogP contribution in [0.15, 0.2) is 12.1 Å². The number of rotatable bonds is 3. The van der Waals surface area contributed by atoms with Crippen LogP contribution in [0.25, 0.3) is 0 Å². The molecule has 1 saturated carbocycles. The molecule has 0 bridgehead atoms. The van der Waals surface area contributed by atoms with E-state index in [1.807, 2.05) is 0 Å². The highest BCUT2D eigenvalue weighted by molar-refractivity contribution is 5.90. The fourth-order valence-electron chi connectivity index (χ4n) is 2.57. The zero-order chi connectivity index (χ0) is 13.2. The Morgan fingerprint density at radius 2 is 2.22 bits per heavy atom. The van der Waals surface area contributed by atoms with Gasteiger partial charge in [-0.2, -0.15) is 0 Å². The summed E-state index contributed by atoms with van der Waals surface area (Å²) >= 11 is 0. The molecule has 1 amide bonds. The normalized spacial score (nSPS) is 22.4. The Labute approximate surface area is 107 Å². The Morgan fingerprint density at radius 1 is 1.44 bits per heavy atom. The fraction of sp³-hybridized carbons (Fsp3) is 0.615. The number of carbonyl (C=O) groups excluding carboxylic acids is 1. The second kappa shape index (κ2) is 4.92. The molecule has 1 unspecified atom stereocenters. The van der Waals surface area contributed by atoms with Gasteiger partial charge in [-0.1, -0.05) is 20.3 Å². The molecule has 1 heterocycles. The Kier molecular flexibility index (Phi) is 3.50. The molecule has 0 radical (unpaired) electrons. The molecule has 2 rings (SSSR count). The van der Waals surface area contributed by atoms with Crippen molar-refractivity contribution in [3.05, 3.63) is 17.8 Å². The summed E-state index contributed by atoms with van der Waals surface area (Å²) in [5, 5.41) is 11.1. The number of primary amides is 1. The lowest BCUT2D eigenvalue weighted by Crippen LogP contribution is -2.32. The van der Waals surface area contributed by atoms with E-state index in [9.17, 15) is 4.79 Å². The lowest BCUT2D eigenvalue weighted by Gasteiger charge is -2.35. The van der Waals surface area contributed by atoms with Gasteiger partial charge in [-0.3, -0.25) is 4.79 Å². The summed E-state index contributed by atoms with van der Waals surface area (Å²) in [6.45, 7) is 4.59. The predicted octanol–water partition coefficient (Wildman–Crippen LogP) is 1.96. The van der Waals surface area contributed by atoms with Crippen molar-refractivity contribution in [1.82, 2.24) is 10.2 Å². The van der Waals surface area contributed by atoms with Crippen LogP contribution in [0, 0.1) is 5.41 Å². The first-order chi connectivity index (χ1) is 8.46. The first-order valence-corrected chi connectivity index (χ1v) is 6.36. The molecule has 18 heavy (non-hydrogen) atoms. The number of nitrogens with two attached hydrogens (primary N) is 1. The van der Waals surface area contributed by atoms with Gasteiger partial charge in [0.25, 0.3) is 5.91 Å². The van der Waals surface area contributed by atoms with Gasteiger partial charge in [0.05, 0.1) is 0 Å². The van der Waals surface area contributed by atoms with Crippen molar-refractivity contribution in [2.45, 2.75) is 45.6 Å². The van der Waals surface area contributed by atoms with Gasteiger partial charge in [0.2, 0.25) is 0 Å². The summed E-state index contributed by atoms with van der Waals surface area (Å²) < 4.78 is 0. The van der Waals surface area contributed by atoms with Gasteiger partial charge < -0.3 is 11.1 Å². The number of nitrogens with one attached hydrogen (secondary N) is 1. The number of hydrogen-bond acceptors (Lipinski definition) is 4. The van der Waals surface area contributed by atoms with Gasteiger partial charge in [0.1, 0.15) is 5.82 Å². The topological polar surface area (TPSA) is 80.9 Å². The van der Waals surface area contributed by atoms with E-state index in [-0.39, 0.29) is 5.69 Å². The zero-order valence-corrected chi connectivity index (χ0v) is 10.9. The number of nitrogens with zero attached hydrogens (tertiary/aromatic N) is 2. The molecule has 1 aliphatic rings. The molecule has 1 aliphatic carbocycles. The molecular formula is C13H20N4O. The van der Waals surface area contributed by atoms with Crippen molar-refractivity contribution in [1.29, 1.82) is 0 Å². The first-order valence-electron chi connectivity index (χ1n) is 6.36. The van der Waals surface area contributed by atoms with E-state index in [1.165, 1.54) is 12.8 Å². The van der Waals surface area contributed by atoms with Gasteiger partial charge in [-0.15, -0.1) is 10.2 Å². The standard InChI is InChI=1S/C13H20N4O/c1-13(2)7-3-4-9(8-13)15-11-6-5-10(12(14)18)16-17-11/h5-6,9H,3-4,7-8H2,1-2H3,(H2,14,18)(H,15,17). The second-order valence-corrected chi connectivity index (χ2v) is 5.77. The molecule has 0 saturated heterocycles. The van der Waals surface area contributed by atoms with Crippen molar-refractivity contribution in [3.8, 4) is 0 Å². The van der Waals surface area contributed by atoms with Crippen molar-refractivity contribution in [2.24, 2.45) is 11.1 Å². The number of aromatic nitrogens is 2. The minimum atomic E-state index is -0.548. The first kappa shape index (κ1) is 12.8. The molecule has 98 valence electrons. The molecule has 0 spiro atoms. The maximum atomic E-state index is 10.9. The SMILES string of the molecule is CC1(C)CCCC(Nc2ccc(C(N)=O)nn2)C1. The van der Waals surface area contributed by atoms with Crippen LogP contribution in [0.3, 0.4) is 0 Å². The average Bonchev–Trinajstić information content (AvgIpc) is 2.28. The van der Waals surface area contributed by atoms with Crippen LogP contribution in [-0.2, 0) is 0 Å². The van der Waals surface area contributed by atoms with Crippen LogP contribution in [0.5, 0.6) is 0 Å². The summed E-state index contributed by atoms with van der Waals surface area (Å²) in [7, 11) is 0. The lowest BCUT2D eigenvalue weighted by molar-refractivity contribution is 0.0994. The third-order valence-corrected chi connectivity index (χ3v) is 3.47. The number of hydrogen-bond donors (Lipinski definition) is 2. The van der Waals surface area contributed by atoms with Crippen molar-refractivity contribution >= 4 is 11.7 Å². The number of amides is 1. The zero-order valence-electron chi connectivity index (χ0n) is 10.9. The van der Waals surface area contributed by atoms with Crippen molar-refractivity contribution in [2.75, 3.05) is 5.32 Å². The Balaban J connectivity index is 1.99. The molecule has 0 aromatic carbocycles. The van der Waals surface area contributed by atoms with E-state index >= 15 is 0 Å². The van der Waals surface area contributed by atoms with E-state index in [0.29, 0.717) is 17.3 Å². The van der Waals surface area contributed by atoms with E-state index in [0.717, 1.165) is 12.8 Å². The smallest absolute Gasteiger partial charge is 0.269 e. The van der Waals surface area contributed by atoms with Crippen LogP contribution >= 0.6 is 0 Å². The highest BCUT2D eigenvalue weighted by atomic mass is 16.1. The predicted molar refractivity (Wildman–Crippen MR) is 70.2 cm³/mol. The van der Waals surface area contributed by atoms with Crippen LogP contribution in [0.1, 0.15) is 50.0 Å². The van der Waals surface area contributed by atoms with Gasteiger partial charge in [-0.25, -0.2) is 0 Å². The summed E-state index contributed by atoms with van der Waals surface area (Å²) in [6.07, 6.45) is 4.80. The molecular weight excluding hydrogens is 228 g/mol. The molecule has 1 fully saturated rings. The van der Waals surface area contributed by atoms with Crippen LogP contribution in [-0.4, -0.2) is 22.1 Å². The summed E-state index contributed by atoms with van der Waals surface area (Å²) in [6, 6.07) is 3.79. The number of carbonyl (C=O) groups is 1. The highest BCUT2D eigenvalue weighted by Gasteiger charge is 2.27. The lowest BCUT2D eigenvalue weighted by atomic mass is 9.75. The summed E-state index contributed by atoms with van der Waals surface area (Å²) in [4.78, 5) is 10.9. The molecule has 1 aromatic rings. The van der Waals surface area contributed by atoms with E-state index in [1.54, 1.807) is 12.1 Å². The molecule has 0 aliphatic heterocycles. The van der Waals surface area contributed by atoms with Crippen LogP contribution in [0.4, 0.5) is 5.82 Å². The highest BCUT2D eigenvalue weighted by Crippen LogP contribution is 2.36. The third kappa shape index (κ3) is 3.18. The molecule has 1 aromatic heterocycles. The monoisotopic (exact) mass is 248 g/mol. The van der Waals surface area contributed by atoms with E-state index in [2.05, 4.69) is 29.4 Å². The quantitative estimate of drug-likeness (QED) is 0.856. The maximum Gasteiger partial charge on any atom is 0.269 e. The van der Waals surface area contributed by atoms with Gasteiger partial charge >= 0.3 is 0 Å². The molecule has 3 N–H and O–H groups in total. The van der Waals surface area contributed by atoms with Gasteiger partial charge in [-0.05, 0) is 36.8 Å². The Bertz CT molecular complexity index is 427. The van der Waals surface area contributed by atoms with Gasteiger partial charge in [0, 0.05) is 6.04 Å². The second-order valence-electron chi connectivity index (χ2n) is 5.77.